The second kappa shape index (κ2) is 3.80. The van der Waals surface area contributed by atoms with Gasteiger partial charge in [-0.25, -0.2) is 8.78 Å². The fraction of sp³-hybridized carbons (Fsp3) is 1.00. The molecule has 3 nitrogen and oxygen atoms in total. The lowest BCUT2D eigenvalue weighted by Crippen LogP contribution is -2.42. The van der Waals surface area contributed by atoms with E-state index in [0.717, 1.165) is 7.11 Å². The van der Waals surface area contributed by atoms with Crippen molar-refractivity contribution >= 4 is 0 Å². The van der Waals surface area contributed by atoms with Crippen molar-refractivity contribution in [2.75, 3.05) is 13.7 Å². The minimum absolute atomic E-state index is 0.0331. The van der Waals surface area contributed by atoms with Crippen molar-refractivity contribution in [3.05, 3.63) is 0 Å². The standard InChI is InChI=1S/C5H10F2O3/c1-3-10-5(8,9-2)4(6)7/h4,8H,3H2,1-2H3. The smallest absolute Gasteiger partial charge is 0.339 e. The van der Waals surface area contributed by atoms with Gasteiger partial charge in [0.25, 0.3) is 0 Å². The highest BCUT2D eigenvalue weighted by Crippen LogP contribution is 2.17. The molecule has 0 aromatic rings. The number of halogens is 2. The van der Waals surface area contributed by atoms with Gasteiger partial charge < -0.3 is 14.6 Å². The molecule has 1 N–H and O–H groups in total. The van der Waals surface area contributed by atoms with Crippen molar-refractivity contribution < 1.29 is 23.4 Å². The van der Waals surface area contributed by atoms with E-state index in [9.17, 15) is 8.78 Å². The van der Waals surface area contributed by atoms with Gasteiger partial charge in [0.15, 0.2) is 0 Å². The molecule has 5 heteroatoms. The quantitative estimate of drug-likeness (QED) is 0.605. The molecule has 10 heavy (non-hydrogen) atoms. The Balaban J connectivity index is 3.94. The highest BCUT2D eigenvalue weighted by atomic mass is 19.3. The third-order valence-corrected chi connectivity index (χ3v) is 0.919. The molecule has 0 rings (SSSR count). The lowest BCUT2D eigenvalue weighted by atomic mass is 10.6. The van der Waals surface area contributed by atoms with E-state index in [1.807, 2.05) is 0 Å². The van der Waals surface area contributed by atoms with Gasteiger partial charge in [-0.2, -0.15) is 0 Å². The van der Waals surface area contributed by atoms with Gasteiger partial charge in [0.05, 0.1) is 0 Å². The molecule has 0 aliphatic heterocycles. The van der Waals surface area contributed by atoms with Crippen molar-refractivity contribution in [2.45, 2.75) is 19.3 Å². The van der Waals surface area contributed by atoms with Gasteiger partial charge >= 0.3 is 12.4 Å². The lowest BCUT2D eigenvalue weighted by Gasteiger charge is -2.23. The molecule has 0 radical (unpaired) electrons. The van der Waals surface area contributed by atoms with E-state index in [1.54, 1.807) is 0 Å². The molecule has 0 saturated carbocycles. The SMILES string of the molecule is CCOC(O)(OC)C(F)F. The number of rotatable bonds is 4. The summed E-state index contributed by atoms with van der Waals surface area (Å²) < 4.78 is 31.8. The first-order valence-electron chi connectivity index (χ1n) is 2.76. The molecule has 1 unspecified atom stereocenters. The minimum Gasteiger partial charge on any atom is -0.339 e. The maximum Gasteiger partial charge on any atom is 0.344 e. The number of alkyl halides is 2. The maximum absolute atomic E-state index is 11.8. The molecule has 0 spiro atoms. The van der Waals surface area contributed by atoms with Crippen LogP contribution in [0, 0.1) is 0 Å². The summed E-state index contributed by atoms with van der Waals surface area (Å²) in [7, 11) is 0.946. The van der Waals surface area contributed by atoms with E-state index in [4.69, 9.17) is 5.11 Å². The third-order valence-electron chi connectivity index (χ3n) is 0.919. The largest absolute Gasteiger partial charge is 0.344 e. The Morgan fingerprint density at radius 3 is 2.20 bits per heavy atom. The van der Waals surface area contributed by atoms with Crippen molar-refractivity contribution in [1.82, 2.24) is 0 Å². The molecule has 62 valence electrons. The summed E-state index contributed by atoms with van der Waals surface area (Å²) >= 11 is 0. The molecule has 0 aromatic carbocycles. The summed E-state index contributed by atoms with van der Waals surface area (Å²) in [5.74, 6) is -2.74. The molecule has 0 bridgehead atoms. The summed E-state index contributed by atoms with van der Waals surface area (Å²) in [5.41, 5.74) is 0. The first-order chi connectivity index (χ1) is 4.56. The average Bonchev–Trinajstić information content (AvgIpc) is 1.88. The Hall–Kier alpha value is -0.260. The van der Waals surface area contributed by atoms with Gasteiger partial charge in [0.2, 0.25) is 0 Å². The number of aliphatic hydroxyl groups is 1. The molecular weight excluding hydrogens is 146 g/mol. The van der Waals surface area contributed by atoms with Crippen LogP contribution in [0.4, 0.5) is 8.78 Å². The predicted octanol–water partition coefficient (Wildman–Crippen LogP) is 0.581. The van der Waals surface area contributed by atoms with Crippen molar-refractivity contribution in [1.29, 1.82) is 0 Å². The molecule has 0 heterocycles. The number of hydrogen-bond acceptors (Lipinski definition) is 3. The van der Waals surface area contributed by atoms with Gasteiger partial charge in [-0.1, -0.05) is 0 Å². The highest BCUT2D eigenvalue weighted by molar-refractivity contribution is 4.54. The van der Waals surface area contributed by atoms with Crippen LogP contribution in [0.5, 0.6) is 0 Å². The van der Waals surface area contributed by atoms with Crippen LogP contribution in [-0.4, -0.2) is 31.2 Å². The molecule has 0 aliphatic rings. The molecule has 0 aliphatic carbocycles. The number of hydrogen-bond donors (Lipinski definition) is 1. The normalized spacial score (nSPS) is 17.4. The maximum atomic E-state index is 11.8. The van der Waals surface area contributed by atoms with Gasteiger partial charge in [-0.15, -0.1) is 0 Å². The lowest BCUT2D eigenvalue weighted by molar-refractivity contribution is -0.394. The van der Waals surface area contributed by atoms with Gasteiger partial charge in [0.1, 0.15) is 0 Å². The van der Waals surface area contributed by atoms with E-state index in [-0.39, 0.29) is 6.61 Å². The molecule has 1 atom stereocenters. The van der Waals surface area contributed by atoms with Crippen LogP contribution in [0.2, 0.25) is 0 Å². The molecule has 0 fully saturated rings. The number of ether oxygens (including phenoxy) is 2. The zero-order valence-corrected chi connectivity index (χ0v) is 5.80. The summed E-state index contributed by atoms with van der Waals surface area (Å²) in [6.45, 7) is 1.45. The van der Waals surface area contributed by atoms with Gasteiger partial charge in [0, 0.05) is 13.7 Å². The van der Waals surface area contributed by atoms with Crippen LogP contribution in [0.3, 0.4) is 0 Å². The molecule has 0 saturated heterocycles. The Morgan fingerprint density at radius 2 is 2.10 bits per heavy atom. The van der Waals surface area contributed by atoms with Crippen molar-refractivity contribution in [3.8, 4) is 0 Å². The van der Waals surface area contributed by atoms with Crippen LogP contribution < -0.4 is 0 Å². The van der Waals surface area contributed by atoms with Gasteiger partial charge in [-0.05, 0) is 6.92 Å². The Kier molecular flexibility index (Phi) is 3.70. The first-order valence-corrected chi connectivity index (χ1v) is 2.76. The summed E-state index contributed by atoms with van der Waals surface area (Å²) in [5, 5.41) is 8.70. The topological polar surface area (TPSA) is 38.7 Å². The van der Waals surface area contributed by atoms with Crippen LogP contribution in [0.25, 0.3) is 0 Å². The van der Waals surface area contributed by atoms with Crippen LogP contribution >= 0.6 is 0 Å². The van der Waals surface area contributed by atoms with E-state index in [0.29, 0.717) is 0 Å². The fourth-order valence-corrected chi connectivity index (χ4v) is 0.418. The van der Waals surface area contributed by atoms with E-state index < -0.39 is 12.4 Å². The molecule has 0 aromatic heterocycles. The van der Waals surface area contributed by atoms with E-state index in [1.165, 1.54) is 6.92 Å². The van der Waals surface area contributed by atoms with Gasteiger partial charge in [-0.3, -0.25) is 0 Å². The molecular formula is C5H10F2O3. The Bertz CT molecular complexity index is 98.9. The van der Waals surface area contributed by atoms with Crippen LogP contribution in [0.1, 0.15) is 6.92 Å². The average molecular weight is 156 g/mol. The minimum atomic E-state index is -3.06. The summed E-state index contributed by atoms with van der Waals surface area (Å²) in [6, 6.07) is 0. The Morgan fingerprint density at radius 1 is 1.60 bits per heavy atom. The zero-order chi connectivity index (χ0) is 8.20. The number of methoxy groups -OCH3 is 1. The molecule has 0 amide bonds. The van der Waals surface area contributed by atoms with Crippen molar-refractivity contribution in [3.63, 3.8) is 0 Å². The highest BCUT2D eigenvalue weighted by Gasteiger charge is 2.39. The second-order valence-corrected chi connectivity index (χ2v) is 1.57. The van der Waals surface area contributed by atoms with Crippen LogP contribution in [-0.2, 0) is 9.47 Å². The first kappa shape index (κ1) is 9.74. The third kappa shape index (κ3) is 2.17. The summed E-state index contributed by atoms with van der Waals surface area (Å²) in [6.07, 6.45) is -3.06. The van der Waals surface area contributed by atoms with Crippen molar-refractivity contribution in [2.24, 2.45) is 0 Å². The second-order valence-electron chi connectivity index (χ2n) is 1.57. The van der Waals surface area contributed by atoms with E-state index in [2.05, 4.69) is 9.47 Å². The monoisotopic (exact) mass is 156 g/mol. The zero-order valence-electron chi connectivity index (χ0n) is 5.80. The fourth-order valence-electron chi connectivity index (χ4n) is 0.418. The van der Waals surface area contributed by atoms with E-state index >= 15 is 0 Å². The van der Waals surface area contributed by atoms with Crippen LogP contribution in [0.15, 0.2) is 0 Å². The Labute approximate surface area is 57.6 Å². The summed E-state index contributed by atoms with van der Waals surface area (Å²) in [4.78, 5) is 0. The predicted molar refractivity (Wildman–Crippen MR) is 29.6 cm³/mol.